The van der Waals surface area contributed by atoms with Gasteiger partial charge in [0.05, 0.1) is 12.7 Å². The Kier molecular flexibility index (Phi) is 3.36. The van der Waals surface area contributed by atoms with E-state index in [9.17, 15) is 10.1 Å². The molecule has 1 heterocycles. The number of carbonyl (C=O) groups is 1. The second-order valence-electron chi connectivity index (χ2n) is 5.15. The molecule has 5 nitrogen and oxygen atoms in total. The molecule has 0 aromatic heterocycles. The molecule has 0 spiro atoms. The highest BCUT2D eigenvalue weighted by Crippen LogP contribution is 2.44. The molecule has 0 unspecified atom stereocenters. The predicted octanol–water partition coefficient (Wildman–Crippen LogP) is 0.195. The molecule has 1 saturated heterocycles. The molecule has 2 rings (SSSR count). The van der Waals surface area contributed by atoms with Gasteiger partial charge in [-0.1, -0.05) is 0 Å². The molecule has 2 N–H and O–H groups in total. The quantitative estimate of drug-likeness (QED) is 0.732. The Labute approximate surface area is 101 Å². The van der Waals surface area contributed by atoms with Crippen LogP contribution in [0.25, 0.3) is 0 Å². The van der Waals surface area contributed by atoms with Crippen LogP contribution in [0.15, 0.2) is 0 Å². The van der Waals surface area contributed by atoms with Gasteiger partial charge in [-0.25, -0.2) is 0 Å². The minimum Gasteiger partial charge on any atom is -0.396 e. The fourth-order valence-corrected chi connectivity index (χ4v) is 2.11. The number of aliphatic hydroxyl groups is 1. The summed E-state index contributed by atoms with van der Waals surface area (Å²) in [6.45, 7) is 1.51. The van der Waals surface area contributed by atoms with Crippen molar-refractivity contribution in [2.75, 3.05) is 26.4 Å². The number of nitriles is 1. The molecule has 1 saturated carbocycles. The first kappa shape index (κ1) is 12.3. The average Bonchev–Trinajstić information content (AvgIpc) is 3.17. The van der Waals surface area contributed by atoms with Crippen molar-refractivity contribution in [3.63, 3.8) is 0 Å². The van der Waals surface area contributed by atoms with Gasteiger partial charge >= 0.3 is 0 Å². The normalized spacial score (nSPS) is 24.7. The van der Waals surface area contributed by atoms with Gasteiger partial charge in [-0.15, -0.1) is 0 Å². The number of hydrogen-bond acceptors (Lipinski definition) is 4. The first-order valence-electron chi connectivity index (χ1n) is 6.05. The summed E-state index contributed by atoms with van der Waals surface area (Å²) in [5, 5.41) is 21.2. The number of nitrogens with zero attached hydrogens (tertiary/aromatic N) is 1. The van der Waals surface area contributed by atoms with E-state index < -0.39 is 5.41 Å². The number of amides is 1. The van der Waals surface area contributed by atoms with Crippen molar-refractivity contribution < 1.29 is 14.6 Å². The zero-order valence-corrected chi connectivity index (χ0v) is 9.87. The van der Waals surface area contributed by atoms with E-state index >= 15 is 0 Å². The van der Waals surface area contributed by atoms with Gasteiger partial charge in [-0.3, -0.25) is 4.79 Å². The highest BCUT2D eigenvalue weighted by atomic mass is 16.5. The molecule has 2 fully saturated rings. The highest BCUT2D eigenvalue weighted by Gasteiger charge is 2.45. The number of nitrogens with one attached hydrogen (secondary N) is 1. The summed E-state index contributed by atoms with van der Waals surface area (Å²) in [6, 6.07) is 2.14. The monoisotopic (exact) mass is 238 g/mol. The lowest BCUT2D eigenvalue weighted by molar-refractivity contribution is -0.132. The van der Waals surface area contributed by atoms with Crippen molar-refractivity contribution in [2.24, 2.45) is 10.8 Å². The molecule has 17 heavy (non-hydrogen) atoms. The molecule has 1 aliphatic carbocycles. The van der Waals surface area contributed by atoms with Crippen LogP contribution in [0.3, 0.4) is 0 Å². The summed E-state index contributed by atoms with van der Waals surface area (Å²) in [5.41, 5.74) is -1.04. The molecule has 0 aromatic carbocycles. The van der Waals surface area contributed by atoms with Gasteiger partial charge in [-0.2, -0.15) is 5.26 Å². The minimum atomic E-state index is -0.927. The van der Waals surface area contributed by atoms with E-state index in [0.717, 1.165) is 12.8 Å². The standard InChI is InChI=1S/C12H18N2O3/c13-7-12(3-5-17-6-4-12)10(16)14-8-11(9-15)1-2-11/h15H,1-6,8-9H2,(H,14,16). The Balaban J connectivity index is 1.91. The van der Waals surface area contributed by atoms with E-state index in [1.807, 2.05) is 0 Å². The molecule has 94 valence electrons. The molecule has 2 aliphatic rings. The summed E-state index contributed by atoms with van der Waals surface area (Å²) in [4.78, 5) is 12.1. The summed E-state index contributed by atoms with van der Waals surface area (Å²) in [6.07, 6.45) is 2.82. The fraction of sp³-hybridized carbons (Fsp3) is 0.833. The molecule has 0 atom stereocenters. The summed E-state index contributed by atoms with van der Waals surface area (Å²) in [5.74, 6) is -0.206. The smallest absolute Gasteiger partial charge is 0.240 e. The lowest BCUT2D eigenvalue weighted by Crippen LogP contribution is -2.45. The summed E-state index contributed by atoms with van der Waals surface area (Å²) >= 11 is 0. The Morgan fingerprint density at radius 1 is 1.35 bits per heavy atom. The van der Waals surface area contributed by atoms with Crippen LogP contribution >= 0.6 is 0 Å². The third kappa shape index (κ3) is 2.43. The molecule has 1 amide bonds. The van der Waals surface area contributed by atoms with Crippen LogP contribution in [0.4, 0.5) is 0 Å². The Morgan fingerprint density at radius 2 is 2.00 bits per heavy atom. The molecule has 0 aromatic rings. The average molecular weight is 238 g/mol. The van der Waals surface area contributed by atoms with Gasteiger partial charge in [-0.05, 0) is 25.7 Å². The number of rotatable bonds is 4. The van der Waals surface area contributed by atoms with Crippen molar-refractivity contribution >= 4 is 5.91 Å². The molecule has 1 aliphatic heterocycles. The van der Waals surface area contributed by atoms with Crippen LogP contribution in [-0.4, -0.2) is 37.4 Å². The van der Waals surface area contributed by atoms with Gasteiger partial charge in [0.2, 0.25) is 5.91 Å². The predicted molar refractivity (Wildman–Crippen MR) is 59.9 cm³/mol. The SMILES string of the molecule is N#CC1(C(=O)NCC2(CO)CC2)CCOCC1. The van der Waals surface area contributed by atoms with Gasteiger partial charge < -0.3 is 15.2 Å². The van der Waals surface area contributed by atoms with Crippen LogP contribution in [0.5, 0.6) is 0 Å². The topological polar surface area (TPSA) is 82.4 Å². The first-order chi connectivity index (χ1) is 8.16. The van der Waals surface area contributed by atoms with E-state index in [2.05, 4.69) is 11.4 Å². The van der Waals surface area contributed by atoms with Crippen molar-refractivity contribution in [2.45, 2.75) is 25.7 Å². The second kappa shape index (κ2) is 4.63. The van der Waals surface area contributed by atoms with E-state index in [0.29, 0.717) is 32.6 Å². The Bertz CT molecular complexity index is 338. The van der Waals surface area contributed by atoms with Crippen LogP contribution in [0, 0.1) is 22.2 Å². The first-order valence-corrected chi connectivity index (χ1v) is 6.05. The van der Waals surface area contributed by atoms with Crippen molar-refractivity contribution in [3.8, 4) is 6.07 Å². The second-order valence-corrected chi connectivity index (χ2v) is 5.15. The van der Waals surface area contributed by atoms with Gasteiger partial charge in [0, 0.05) is 25.2 Å². The van der Waals surface area contributed by atoms with Gasteiger partial charge in [0.1, 0.15) is 5.41 Å². The van der Waals surface area contributed by atoms with E-state index in [1.54, 1.807) is 0 Å². The van der Waals surface area contributed by atoms with Crippen LogP contribution in [-0.2, 0) is 9.53 Å². The summed E-state index contributed by atoms with van der Waals surface area (Å²) < 4.78 is 5.18. The van der Waals surface area contributed by atoms with Crippen LogP contribution in [0.1, 0.15) is 25.7 Å². The fourth-order valence-electron chi connectivity index (χ4n) is 2.11. The molecule has 0 bridgehead atoms. The third-order valence-corrected chi connectivity index (χ3v) is 3.91. The molecule has 0 radical (unpaired) electrons. The maximum atomic E-state index is 12.1. The lowest BCUT2D eigenvalue weighted by Gasteiger charge is -2.29. The van der Waals surface area contributed by atoms with Gasteiger partial charge in [0.25, 0.3) is 0 Å². The molecular formula is C12H18N2O3. The Morgan fingerprint density at radius 3 is 2.47 bits per heavy atom. The molecule has 5 heteroatoms. The zero-order chi connectivity index (χ0) is 12.4. The van der Waals surface area contributed by atoms with E-state index in [4.69, 9.17) is 9.84 Å². The Hall–Kier alpha value is -1.12. The van der Waals surface area contributed by atoms with Crippen LogP contribution < -0.4 is 5.32 Å². The van der Waals surface area contributed by atoms with E-state index in [-0.39, 0.29) is 17.9 Å². The lowest BCUT2D eigenvalue weighted by atomic mass is 9.80. The third-order valence-electron chi connectivity index (χ3n) is 3.91. The zero-order valence-electron chi connectivity index (χ0n) is 9.87. The number of carbonyl (C=O) groups excluding carboxylic acids is 1. The summed E-state index contributed by atoms with van der Waals surface area (Å²) in [7, 11) is 0. The van der Waals surface area contributed by atoms with Gasteiger partial charge in [0.15, 0.2) is 0 Å². The number of aliphatic hydroxyl groups excluding tert-OH is 1. The van der Waals surface area contributed by atoms with E-state index in [1.165, 1.54) is 0 Å². The minimum absolute atomic E-state index is 0.107. The highest BCUT2D eigenvalue weighted by molar-refractivity contribution is 5.85. The van der Waals surface area contributed by atoms with Crippen LogP contribution in [0.2, 0.25) is 0 Å². The maximum absolute atomic E-state index is 12.1. The molecular weight excluding hydrogens is 220 g/mol. The number of hydrogen-bond donors (Lipinski definition) is 2. The number of ether oxygens (including phenoxy) is 1. The largest absolute Gasteiger partial charge is 0.396 e. The van der Waals surface area contributed by atoms with Crippen molar-refractivity contribution in [1.29, 1.82) is 5.26 Å². The maximum Gasteiger partial charge on any atom is 0.240 e. The van der Waals surface area contributed by atoms with Crippen molar-refractivity contribution in [1.82, 2.24) is 5.32 Å². The van der Waals surface area contributed by atoms with Crippen molar-refractivity contribution in [3.05, 3.63) is 0 Å².